The predicted octanol–water partition coefficient (Wildman–Crippen LogP) is 5.95. The number of nitrogens with zero attached hydrogens (tertiary/aromatic N) is 3. The molecule has 0 atom stereocenters. The Kier molecular flexibility index (Phi) is 11.0. The third-order valence-corrected chi connectivity index (χ3v) is 7.23. The molecule has 1 heterocycles. The Hall–Kier alpha value is -4.77. The summed E-state index contributed by atoms with van der Waals surface area (Å²) in [5, 5.41) is 15.5. The number of aryl methyl sites for hydroxylation is 1. The van der Waals surface area contributed by atoms with Crippen LogP contribution >= 0.6 is 11.3 Å². The van der Waals surface area contributed by atoms with Crippen LogP contribution in [0.25, 0.3) is 0 Å². The molecular weight excluding hydrogens is 578 g/mol. The summed E-state index contributed by atoms with van der Waals surface area (Å²) in [6.07, 6.45) is 1.48. The number of hydrazone groups is 1. The number of carbonyl (C=O) groups excluding carboxylic acids is 2. The lowest BCUT2D eigenvalue weighted by molar-refractivity contribution is -0.120. The normalized spacial score (nSPS) is 11.3. The van der Waals surface area contributed by atoms with Gasteiger partial charge in [-0.1, -0.05) is 62.4 Å². The van der Waals surface area contributed by atoms with Crippen molar-refractivity contribution in [2.75, 3.05) is 25.1 Å². The fourth-order valence-corrected chi connectivity index (χ4v) is 4.81. The fraction of sp³-hybridized carbons (Fsp3) is 0.303. The molecule has 0 aliphatic carbocycles. The first-order valence-corrected chi connectivity index (χ1v) is 15.1. The zero-order chi connectivity index (χ0) is 31.5. The summed E-state index contributed by atoms with van der Waals surface area (Å²) in [6.45, 7) is 11.5. The Morgan fingerprint density at radius 2 is 1.68 bits per heavy atom. The van der Waals surface area contributed by atoms with E-state index in [1.165, 1.54) is 11.8 Å². The topological polar surface area (TPSA) is 124 Å². The molecule has 0 aliphatic heterocycles. The molecule has 230 valence electrons. The van der Waals surface area contributed by atoms with Crippen molar-refractivity contribution in [1.29, 1.82) is 0 Å². The van der Waals surface area contributed by atoms with Crippen molar-refractivity contribution in [2.45, 2.75) is 46.5 Å². The minimum absolute atomic E-state index is 0.0327. The van der Waals surface area contributed by atoms with E-state index in [0.717, 1.165) is 22.6 Å². The summed E-state index contributed by atoms with van der Waals surface area (Å²) in [4.78, 5) is 24.9. The first-order valence-electron chi connectivity index (χ1n) is 14.3. The first-order chi connectivity index (χ1) is 21.1. The van der Waals surface area contributed by atoms with Crippen LogP contribution in [0, 0.1) is 6.92 Å². The maximum atomic E-state index is 12.5. The maximum Gasteiger partial charge on any atom is 0.257 e. The van der Waals surface area contributed by atoms with E-state index in [0.29, 0.717) is 52.6 Å². The number of nitrogens with one attached hydrogen (secondary N) is 2. The summed E-state index contributed by atoms with van der Waals surface area (Å²) >= 11 is 1.13. The van der Waals surface area contributed by atoms with Gasteiger partial charge in [-0.05, 0) is 72.4 Å². The molecule has 44 heavy (non-hydrogen) atoms. The van der Waals surface area contributed by atoms with Crippen LogP contribution in [-0.4, -0.2) is 48.0 Å². The number of anilines is 1. The number of hydrogen-bond acceptors (Lipinski definition) is 9. The maximum absolute atomic E-state index is 12.5. The van der Waals surface area contributed by atoms with E-state index in [1.54, 1.807) is 24.3 Å². The molecule has 0 saturated carbocycles. The third-order valence-electron chi connectivity index (χ3n) is 6.39. The molecule has 0 saturated heterocycles. The molecular formula is C33H37N5O5S. The zero-order valence-electron chi connectivity index (χ0n) is 25.5. The lowest BCUT2D eigenvalue weighted by Gasteiger charge is -2.19. The highest BCUT2D eigenvalue weighted by Crippen LogP contribution is 2.28. The summed E-state index contributed by atoms with van der Waals surface area (Å²) in [6, 6.07) is 20.7. The number of carbonyl (C=O) groups is 2. The minimum Gasteiger partial charge on any atom is -0.490 e. The van der Waals surface area contributed by atoms with Gasteiger partial charge in [-0.2, -0.15) is 5.10 Å². The van der Waals surface area contributed by atoms with Gasteiger partial charge in [-0.3, -0.25) is 14.9 Å². The Morgan fingerprint density at radius 3 is 2.41 bits per heavy atom. The second-order valence-corrected chi connectivity index (χ2v) is 11.9. The monoisotopic (exact) mass is 615 g/mol. The number of ether oxygens (including phenoxy) is 3. The summed E-state index contributed by atoms with van der Waals surface area (Å²) < 4.78 is 17.5. The van der Waals surface area contributed by atoms with Crippen molar-refractivity contribution < 1.29 is 23.8 Å². The quantitative estimate of drug-likeness (QED) is 0.108. The number of aromatic nitrogens is 2. The predicted molar refractivity (Wildman–Crippen MR) is 172 cm³/mol. The second-order valence-electron chi connectivity index (χ2n) is 10.9. The van der Waals surface area contributed by atoms with Crippen LogP contribution in [0.1, 0.15) is 59.8 Å². The molecule has 4 rings (SSSR count). The molecule has 10 nitrogen and oxygen atoms in total. The van der Waals surface area contributed by atoms with Crippen LogP contribution in [0.4, 0.5) is 5.13 Å². The average Bonchev–Trinajstić information content (AvgIpc) is 3.42. The summed E-state index contributed by atoms with van der Waals surface area (Å²) in [7, 11) is 0. The van der Waals surface area contributed by atoms with Crippen LogP contribution in [0.2, 0.25) is 0 Å². The lowest BCUT2D eigenvalue weighted by Crippen LogP contribution is -2.19. The molecule has 1 aromatic heterocycles. The van der Waals surface area contributed by atoms with E-state index >= 15 is 0 Å². The van der Waals surface area contributed by atoms with Gasteiger partial charge in [-0.15, -0.1) is 10.2 Å². The van der Waals surface area contributed by atoms with Crippen molar-refractivity contribution in [1.82, 2.24) is 15.6 Å². The third kappa shape index (κ3) is 9.37. The number of benzene rings is 3. The van der Waals surface area contributed by atoms with Crippen molar-refractivity contribution >= 4 is 34.5 Å². The molecule has 11 heteroatoms. The van der Waals surface area contributed by atoms with Crippen molar-refractivity contribution in [3.8, 4) is 17.2 Å². The van der Waals surface area contributed by atoms with Crippen LogP contribution < -0.4 is 25.0 Å². The van der Waals surface area contributed by atoms with Gasteiger partial charge in [0.05, 0.1) is 19.2 Å². The molecule has 3 aromatic carbocycles. The van der Waals surface area contributed by atoms with E-state index < -0.39 is 0 Å². The Balaban J connectivity index is 1.24. The SMILES string of the molecule is CCOc1cc(/C=N/NC(=O)Cc2nnc(NC(=O)c3ccccc3C)s2)ccc1OCCOc1ccc(C(C)(C)C)cc1. The van der Waals surface area contributed by atoms with E-state index in [-0.39, 0.29) is 23.7 Å². The van der Waals surface area contributed by atoms with Gasteiger partial charge in [-0.25, -0.2) is 5.43 Å². The van der Waals surface area contributed by atoms with E-state index in [9.17, 15) is 9.59 Å². The van der Waals surface area contributed by atoms with E-state index in [4.69, 9.17) is 14.2 Å². The van der Waals surface area contributed by atoms with Gasteiger partial charge in [0.15, 0.2) is 11.5 Å². The lowest BCUT2D eigenvalue weighted by atomic mass is 9.87. The van der Waals surface area contributed by atoms with Gasteiger partial charge in [0, 0.05) is 5.56 Å². The Bertz CT molecular complexity index is 1590. The largest absolute Gasteiger partial charge is 0.490 e. The number of rotatable bonds is 13. The zero-order valence-corrected chi connectivity index (χ0v) is 26.4. The van der Waals surface area contributed by atoms with Crippen LogP contribution in [-0.2, 0) is 16.6 Å². The molecule has 0 aliphatic rings. The highest BCUT2D eigenvalue weighted by Gasteiger charge is 2.15. The second kappa shape index (κ2) is 15.1. The van der Waals surface area contributed by atoms with Gasteiger partial charge in [0.1, 0.15) is 24.0 Å². The molecule has 4 aromatic rings. The summed E-state index contributed by atoms with van der Waals surface area (Å²) in [5.74, 6) is 1.29. The van der Waals surface area contributed by atoms with Crippen molar-refractivity contribution in [2.24, 2.45) is 5.10 Å². The minimum atomic E-state index is -0.368. The molecule has 2 N–H and O–H groups in total. The van der Waals surface area contributed by atoms with Gasteiger partial charge >= 0.3 is 0 Å². The van der Waals surface area contributed by atoms with E-state index in [1.807, 2.05) is 44.2 Å². The number of hydrogen-bond donors (Lipinski definition) is 2. The molecule has 0 bridgehead atoms. The average molecular weight is 616 g/mol. The van der Waals surface area contributed by atoms with Crippen molar-refractivity contribution in [3.63, 3.8) is 0 Å². The molecule has 2 amide bonds. The standard InChI is InChI=1S/C33H37N5O5S/c1-6-41-28-19-23(11-16-27(28)43-18-17-42-25-14-12-24(13-15-25)33(3,4)5)21-34-36-29(39)20-30-37-38-32(44-30)35-31(40)26-10-8-7-9-22(26)2/h7-16,19,21H,6,17-18,20H2,1-5H3,(H,36,39)(H,35,38,40)/b34-21+. The fourth-order valence-electron chi connectivity index (χ4n) is 4.08. The Morgan fingerprint density at radius 1 is 0.932 bits per heavy atom. The Labute approximate surface area is 261 Å². The molecule has 0 fully saturated rings. The highest BCUT2D eigenvalue weighted by atomic mass is 32.1. The van der Waals surface area contributed by atoms with E-state index in [2.05, 4.69) is 58.9 Å². The van der Waals surface area contributed by atoms with Gasteiger partial charge in [0.25, 0.3) is 5.91 Å². The summed E-state index contributed by atoms with van der Waals surface area (Å²) in [5.41, 5.74) is 5.95. The van der Waals surface area contributed by atoms with Gasteiger partial charge < -0.3 is 14.2 Å². The smallest absolute Gasteiger partial charge is 0.257 e. The number of amides is 2. The first kappa shape index (κ1) is 32.2. The van der Waals surface area contributed by atoms with Crippen molar-refractivity contribution in [3.05, 3.63) is 94.0 Å². The van der Waals surface area contributed by atoms with Crippen LogP contribution in [0.3, 0.4) is 0 Å². The molecule has 0 radical (unpaired) electrons. The highest BCUT2D eigenvalue weighted by molar-refractivity contribution is 7.15. The molecule has 0 unspecified atom stereocenters. The van der Waals surface area contributed by atoms with Gasteiger partial charge in [0.2, 0.25) is 11.0 Å². The molecule has 0 spiro atoms. The van der Waals surface area contributed by atoms with Crippen LogP contribution in [0.15, 0.2) is 71.8 Å². The van der Waals surface area contributed by atoms with Crippen LogP contribution in [0.5, 0.6) is 17.2 Å².